The van der Waals surface area contributed by atoms with Crippen molar-refractivity contribution < 1.29 is 26.0 Å². The van der Waals surface area contributed by atoms with E-state index in [4.69, 9.17) is 26.4 Å². The second-order valence-corrected chi connectivity index (χ2v) is 11.2. The van der Waals surface area contributed by atoms with Crippen LogP contribution >= 0.6 is 0 Å². The summed E-state index contributed by atoms with van der Waals surface area (Å²) in [5.74, 6) is 0.392. The van der Waals surface area contributed by atoms with Gasteiger partial charge >= 0.3 is 6.01 Å². The summed E-state index contributed by atoms with van der Waals surface area (Å²) in [6, 6.07) is 11.5. The maximum absolute atomic E-state index is 12.1. The third-order valence-corrected chi connectivity index (χ3v) is 7.60. The monoisotopic (exact) mass is 589 g/mol. The summed E-state index contributed by atoms with van der Waals surface area (Å²) in [7, 11) is -6.29. The quantitative estimate of drug-likeness (QED) is 0.117. The minimum atomic E-state index is -3.92. The molecule has 0 aliphatic carbocycles. The molecule has 15 nitrogen and oxygen atoms in total. The van der Waals surface area contributed by atoms with Crippen LogP contribution in [0.25, 0.3) is 0 Å². The molecule has 0 saturated carbocycles. The van der Waals surface area contributed by atoms with Crippen LogP contribution in [-0.2, 0) is 20.0 Å². The van der Waals surface area contributed by atoms with Gasteiger partial charge in [-0.25, -0.2) is 18.4 Å². The van der Waals surface area contributed by atoms with Crippen molar-refractivity contribution in [2.75, 3.05) is 28.6 Å². The molecule has 0 aliphatic heterocycles. The number of aromatic nitrogens is 3. The normalized spacial score (nSPS) is 11.7. The van der Waals surface area contributed by atoms with Crippen LogP contribution in [0, 0.1) is 13.8 Å². The molecule has 0 radical (unpaired) electrons. The average Bonchev–Trinajstić information content (AvgIpc) is 3.20. The number of hydrogen-bond donors (Lipinski definition) is 5. The van der Waals surface area contributed by atoms with E-state index in [0.29, 0.717) is 22.8 Å². The summed E-state index contributed by atoms with van der Waals surface area (Å²) in [4.78, 5) is 11.8. The fourth-order valence-electron chi connectivity index (χ4n) is 2.86. The molecular formula is C23H27N9O6S2. The molecule has 0 aliphatic rings. The van der Waals surface area contributed by atoms with Gasteiger partial charge in [-0.15, -0.1) is 4.40 Å². The van der Waals surface area contributed by atoms with E-state index in [-0.39, 0.29) is 33.5 Å². The molecule has 4 aromatic rings. The van der Waals surface area contributed by atoms with Crippen LogP contribution in [0.5, 0.6) is 5.88 Å². The number of rotatable bonds is 7. The number of benzene rings is 2. The van der Waals surface area contributed by atoms with Gasteiger partial charge in [0, 0.05) is 23.8 Å². The lowest BCUT2D eigenvalue weighted by Gasteiger charge is -2.09. The largest absolute Gasteiger partial charge is 0.478 e. The predicted octanol–water partition coefficient (Wildman–Crippen LogP) is 1.86. The zero-order chi connectivity index (χ0) is 29.5. The van der Waals surface area contributed by atoms with E-state index in [1.54, 1.807) is 13.8 Å². The summed E-state index contributed by atoms with van der Waals surface area (Å²) in [6.07, 6.45) is 2.77. The van der Waals surface area contributed by atoms with Crippen LogP contribution in [-0.4, -0.2) is 44.9 Å². The molecule has 0 bridgehead atoms. The molecule has 212 valence electrons. The van der Waals surface area contributed by atoms with E-state index in [0.717, 1.165) is 0 Å². The van der Waals surface area contributed by atoms with E-state index in [1.165, 1.54) is 68.0 Å². The Hall–Kier alpha value is -4.90. The van der Waals surface area contributed by atoms with E-state index >= 15 is 0 Å². The lowest BCUT2D eigenvalue weighted by molar-refractivity contribution is 0.398. The Morgan fingerprint density at radius 1 is 0.900 bits per heavy atom. The Kier molecular flexibility index (Phi) is 9.12. The molecule has 0 unspecified atom stereocenters. The SMILES string of the molecule is COc1nccnc1NS(=O)(=O)c1ccc(N)cc1.Cc1nc(NC(N)=NS(=O)(=O)c2ccc(N)cc2)oc1C. The highest BCUT2D eigenvalue weighted by Gasteiger charge is 2.18. The maximum Gasteiger partial charge on any atom is 0.301 e. The fourth-order valence-corrected chi connectivity index (χ4v) is 4.76. The number of nitrogens with zero attached hydrogens (tertiary/aromatic N) is 4. The van der Waals surface area contributed by atoms with E-state index in [9.17, 15) is 16.8 Å². The molecule has 0 spiro atoms. The van der Waals surface area contributed by atoms with Gasteiger partial charge in [-0.1, -0.05) is 0 Å². The van der Waals surface area contributed by atoms with Crippen molar-refractivity contribution in [1.82, 2.24) is 15.0 Å². The van der Waals surface area contributed by atoms with Crippen molar-refractivity contribution in [3.05, 3.63) is 72.4 Å². The number of nitrogen functional groups attached to an aromatic ring is 2. The molecule has 0 amide bonds. The Balaban J connectivity index is 0.000000222. The number of anilines is 4. The van der Waals surface area contributed by atoms with Crippen molar-refractivity contribution in [2.24, 2.45) is 10.1 Å². The Labute approximate surface area is 230 Å². The van der Waals surface area contributed by atoms with Crippen molar-refractivity contribution in [3.8, 4) is 5.88 Å². The number of nitrogens with two attached hydrogens (primary N) is 3. The summed E-state index contributed by atoms with van der Waals surface area (Å²) >= 11 is 0. The average molecular weight is 590 g/mol. The molecule has 2 heterocycles. The van der Waals surface area contributed by atoms with Crippen LogP contribution in [0.4, 0.5) is 23.2 Å². The number of hydrogen-bond acceptors (Lipinski definition) is 11. The summed E-state index contributed by atoms with van der Waals surface area (Å²) in [6.45, 7) is 3.48. The highest BCUT2D eigenvalue weighted by Crippen LogP contribution is 2.21. The van der Waals surface area contributed by atoms with Gasteiger partial charge < -0.3 is 26.4 Å². The van der Waals surface area contributed by atoms with Crippen LogP contribution in [0.1, 0.15) is 11.5 Å². The van der Waals surface area contributed by atoms with Crippen LogP contribution < -0.4 is 32.0 Å². The Morgan fingerprint density at radius 2 is 1.45 bits per heavy atom. The lowest BCUT2D eigenvalue weighted by atomic mass is 10.3. The molecule has 2 aromatic carbocycles. The first-order valence-corrected chi connectivity index (χ1v) is 14.1. The summed E-state index contributed by atoms with van der Waals surface area (Å²) in [5.41, 5.74) is 18.2. The minimum Gasteiger partial charge on any atom is -0.478 e. The first kappa shape index (κ1) is 29.7. The number of aryl methyl sites for hydroxylation is 2. The van der Waals surface area contributed by atoms with E-state index in [2.05, 4.69) is 29.4 Å². The first-order valence-electron chi connectivity index (χ1n) is 11.2. The fraction of sp³-hybridized carbons (Fsp3) is 0.130. The molecule has 40 heavy (non-hydrogen) atoms. The zero-order valence-electron chi connectivity index (χ0n) is 21.6. The van der Waals surface area contributed by atoms with Gasteiger partial charge in [-0.3, -0.25) is 10.0 Å². The van der Waals surface area contributed by atoms with Gasteiger partial charge in [0.05, 0.1) is 22.6 Å². The summed E-state index contributed by atoms with van der Waals surface area (Å²) < 4.78 is 64.2. The minimum absolute atomic E-state index is 0.0128. The highest BCUT2D eigenvalue weighted by molar-refractivity contribution is 7.92. The molecule has 17 heteroatoms. The topological polar surface area (TPSA) is 244 Å². The predicted molar refractivity (Wildman–Crippen MR) is 150 cm³/mol. The summed E-state index contributed by atoms with van der Waals surface area (Å²) in [5, 5.41) is 2.49. The van der Waals surface area contributed by atoms with Gasteiger partial charge in [0.15, 0.2) is 0 Å². The molecular weight excluding hydrogens is 562 g/mol. The number of guanidine groups is 1. The Morgan fingerprint density at radius 3 is 1.98 bits per heavy atom. The Bertz CT molecular complexity index is 1680. The number of ether oxygens (including phenoxy) is 1. The van der Waals surface area contributed by atoms with Crippen LogP contribution in [0.3, 0.4) is 0 Å². The van der Waals surface area contributed by atoms with Crippen molar-refractivity contribution >= 4 is 49.2 Å². The molecule has 2 aromatic heterocycles. The number of methoxy groups -OCH3 is 1. The number of sulfonamides is 2. The van der Waals surface area contributed by atoms with Crippen molar-refractivity contribution in [1.29, 1.82) is 0 Å². The first-order chi connectivity index (χ1) is 18.8. The van der Waals surface area contributed by atoms with E-state index in [1.807, 2.05) is 0 Å². The third kappa shape index (κ3) is 7.81. The molecule has 4 rings (SSSR count). The van der Waals surface area contributed by atoms with Crippen molar-refractivity contribution in [2.45, 2.75) is 23.6 Å². The van der Waals surface area contributed by atoms with Gasteiger partial charge in [0.2, 0.25) is 11.8 Å². The van der Waals surface area contributed by atoms with Crippen molar-refractivity contribution in [3.63, 3.8) is 0 Å². The molecule has 0 fully saturated rings. The van der Waals surface area contributed by atoms with Crippen LogP contribution in [0.2, 0.25) is 0 Å². The van der Waals surface area contributed by atoms with E-state index < -0.39 is 20.0 Å². The molecule has 0 atom stereocenters. The van der Waals surface area contributed by atoms with Gasteiger partial charge in [-0.2, -0.15) is 13.4 Å². The molecule has 8 N–H and O–H groups in total. The maximum atomic E-state index is 12.1. The van der Waals surface area contributed by atoms with Gasteiger partial charge in [0.25, 0.3) is 25.9 Å². The highest BCUT2D eigenvalue weighted by atomic mass is 32.2. The van der Waals surface area contributed by atoms with Gasteiger partial charge in [-0.05, 0) is 62.4 Å². The number of nitrogens with one attached hydrogen (secondary N) is 2. The standard InChI is InChI=1S/C12H15N5O3S.C11H12N4O3S/c1-7-8(2)20-12(15-7)16-11(14)17-21(18,19)10-5-3-9(13)4-6-10;1-18-11-10(13-6-7-14-11)15-19(16,17)9-4-2-8(12)3-5-9/h3-6H,13H2,1-2H3,(H3,14,15,16,17);2-7H,12H2,1H3,(H,13,15). The lowest BCUT2D eigenvalue weighted by Crippen LogP contribution is -2.24. The zero-order valence-corrected chi connectivity index (χ0v) is 23.2. The van der Waals surface area contributed by atoms with Gasteiger partial charge in [0.1, 0.15) is 5.76 Å². The van der Waals surface area contributed by atoms with Crippen LogP contribution in [0.15, 0.2) is 79.5 Å². The smallest absolute Gasteiger partial charge is 0.301 e. The third-order valence-electron chi connectivity index (χ3n) is 4.94. The number of oxazole rings is 1. The second kappa shape index (κ2) is 12.3. The second-order valence-electron chi connectivity index (χ2n) is 7.90. The molecule has 0 saturated heterocycles.